The maximum Gasteiger partial charge on any atom is 0.175 e. The minimum absolute atomic E-state index is 0.152. The monoisotopic (exact) mass is 207 g/mol. The molecule has 0 aliphatic heterocycles. The first kappa shape index (κ1) is 11.9. The molecule has 0 amide bonds. The highest BCUT2D eigenvalue weighted by Crippen LogP contribution is 2.03. The van der Waals surface area contributed by atoms with Gasteiger partial charge in [0.25, 0.3) is 0 Å². The molecule has 0 saturated heterocycles. The zero-order chi connectivity index (χ0) is 11.1. The van der Waals surface area contributed by atoms with E-state index in [9.17, 15) is 4.79 Å². The maximum absolute atomic E-state index is 11.4. The van der Waals surface area contributed by atoms with Crippen LogP contribution in [0.3, 0.4) is 0 Å². The van der Waals surface area contributed by atoms with Gasteiger partial charge in [0.2, 0.25) is 0 Å². The average molecular weight is 207 g/mol. The molecule has 1 atom stereocenters. The fourth-order valence-corrected chi connectivity index (χ4v) is 1.51. The van der Waals surface area contributed by atoms with Crippen LogP contribution in [0, 0.1) is 0 Å². The number of aliphatic hydroxyl groups excluding tert-OH is 1. The Morgan fingerprint density at radius 3 is 2.60 bits per heavy atom. The Labute approximate surface area is 90.1 Å². The van der Waals surface area contributed by atoms with Crippen LogP contribution in [0.5, 0.6) is 0 Å². The zero-order valence-corrected chi connectivity index (χ0v) is 8.94. The molecule has 1 unspecified atom stereocenters. The quantitative estimate of drug-likeness (QED) is 0.724. The predicted molar refractivity (Wildman–Crippen MR) is 59.7 cm³/mol. The Morgan fingerprint density at radius 2 is 2.07 bits per heavy atom. The summed E-state index contributed by atoms with van der Waals surface area (Å²) in [6.07, 6.45) is 0.633. The molecule has 3 nitrogen and oxygen atoms in total. The minimum atomic E-state index is -0.398. The van der Waals surface area contributed by atoms with Gasteiger partial charge in [0.15, 0.2) is 5.78 Å². The van der Waals surface area contributed by atoms with Crippen LogP contribution in [0.4, 0.5) is 0 Å². The van der Waals surface area contributed by atoms with Crippen molar-refractivity contribution in [2.75, 3.05) is 13.2 Å². The summed E-state index contributed by atoms with van der Waals surface area (Å²) >= 11 is 0. The molecular formula is C12H17NO2. The van der Waals surface area contributed by atoms with Crippen LogP contribution < -0.4 is 5.32 Å². The van der Waals surface area contributed by atoms with E-state index in [-0.39, 0.29) is 11.8 Å². The summed E-state index contributed by atoms with van der Waals surface area (Å²) in [5.74, 6) is -0.152. The van der Waals surface area contributed by atoms with Gasteiger partial charge in [-0.25, -0.2) is 0 Å². The van der Waals surface area contributed by atoms with Gasteiger partial charge in [-0.1, -0.05) is 37.3 Å². The number of rotatable bonds is 6. The summed E-state index contributed by atoms with van der Waals surface area (Å²) in [7, 11) is 0. The van der Waals surface area contributed by atoms with Crippen LogP contribution in [-0.4, -0.2) is 30.1 Å². The van der Waals surface area contributed by atoms with Gasteiger partial charge in [0, 0.05) is 0 Å². The third kappa shape index (κ3) is 3.81. The number of carbonyl (C=O) groups is 1. The highest BCUT2D eigenvalue weighted by atomic mass is 16.3. The molecule has 1 rings (SSSR count). The Balaban J connectivity index is 2.62. The van der Waals surface area contributed by atoms with E-state index in [4.69, 9.17) is 5.11 Å². The predicted octanol–water partition coefficient (Wildman–Crippen LogP) is 0.769. The van der Waals surface area contributed by atoms with Crippen molar-refractivity contribution in [2.24, 2.45) is 0 Å². The van der Waals surface area contributed by atoms with Crippen molar-refractivity contribution in [2.45, 2.75) is 19.4 Å². The lowest BCUT2D eigenvalue weighted by molar-refractivity contribution is -0.123. The van der Waals surface area contributed by atoms with Gasteiger partial charge in [0.05, 0.1) is 6.04 Å². The van der Waals surface area contributed by atoms with Crippen molar-refractivity contribution in [3.63, 3.8) is 0 Å². The van der Waals surface area contributed by atoms with Crippen molar-refractivity contribution in [1.29, 1.82) is 0 Å². The highest BCUT2D eigenvalue weighted by molar-refractivity contribution is 5.85. The number of ketones is 1. The molecule has 1 aromatic rings. The first-order chi connectivity index (χ1) is 7.27. The van der Waals surface area contributed by atoms with Crippen molar-refractivity contribution in [3.05, 3.63) is 35.9 Å². The normalized spacial score (nSPS) is 12.4. The Bertz CT molecular complexity index is 298. The lowest BCUT2D eigenvalue weighted by Crippen LogP contribution is -2.40. The molecule has 1 aromatic carbocycles. The van der Waals surface area contributed by atoms with Crippen LogP contribution >= 0.6 is 0 Å². The summed E-state index contributed by atoms with van der Waals surface area (Å²) < 4.78 is 0. The van der Waals surface area contributed by atoms with Crippen molar-refractivity contribution in [3.8, 4) is 0 Å². The van der Waals surface area contributed by atoms with E-state index in [1.165, 1.54) is 0 Å². The molecule has 0 saturated carbocycles. The molecule has 0 radical (unpaired) electrons. The first-order valence-electron chi connectivity index (χ1n) is 5.18. The molecule has 0 fully saturated rings. The molecule has 2 N–H and O–H groups in total. The number of Topliss-reactive ketones (excluding diaryl/α,β-unsaturated/α-hetero) is 1. The van der Waals surface area contributed by atoms with Crippen LogP contribution in [0.2, 0.25) is 0 Å². The number of nitrogens with one attached hydrogen (secondary N) is 1. The second-order valence-electron chi connectivity index (χ2n) is 3.42. The SMILES string of the molecule is CCNC(Cc1ccccc1)C(=O)CO. The van der Waals surface area contributed by atoms with Crippen LogP contribution in [-0.2, 0) is 11.2 Å². The largest absolute Gasteiger partial charge is 0.389 e. The van der Waals surface area contributed by atoms with Crippen LogP contribution in [0.25, 0.3) is 0 Å². The molecule has 0 aliphatic rings. The molecule has 0 aliphatic carbocycles. The number of aliphatic hydroxyl groups is 1. The number of likely N-dealkylation sites (N-methyl/N-ethyl adjacent to an activating group) is 1. The van der Waals surface area contributed by atoms with E-state index in [2.05, 4.69) is 5.32 Å². The smallest absolute Gasteiger partial charge is 0.175 e. The summed E-state index contributed by atoms with van der Waals surface area (Å²) in [4.78, 5) is 11.4. The molecule has 15 heavy (non-hydrogen) atoms. The van der Waals surface area contributed by atoms with E-state index in [0.29, 0.717) is 6.42 Å². The first-order valence-corrected chi connectivity index (χ1v) is 5.18. The van der Waals surface area contributed by atoms with Crippen LogP contribution in [0.15, 0.2) is 30.3 Å². The average Bonchev–Trinajstić information content (AvgIpc) is 2.29. The summed E-state index contributed by atoms with van der Waals surface area (Å²) in [6.45, 7) is 2.27. The van der Waals surface area contributed by atoms with Gasteiger partial charge in [0.1, 0.15) is 6.61 Å². The highest BCUT2D eigenvalue weighted by Gasteiger charge is 2.16. The molecule has 0 spiro atoms. The number of hydrogen-bond donors (Lipinski definition) is 2. The second-order valence-corrected chi connectivity index (χ2v) is 3.42. The van der Waals surface area contributed by atoms with E-state index in [1.807, 2.05) is 37.3 Å². The van der Waals surface area contributed by atoms with Gasteiger partial charge in [-0.3, -0.25) is 4.79 Å². The fourth-order valence-electron chi connectivity index (χ4n) is 1.51. The lowest BCUT2D eigenvalue weighted by atomic mass is 10.0. The van der Waals surface area contributed by atoms with Gasteiger partial charge in [-0.2, -0.15) is 0 Å². The zero-order valence-electron chi connectivity index (χ0n) is 8.94. The topological polar surface area (TPSA) is 49.3 Å². The third-order valence-corrected chi connectivity index (χ3v) is 2.28. The second kappa shape index (κ2) is 6.32. The van der Waals surface area contributed by atoms with Gasteiger partial charge < -0.3 is 10.4 Å². The molecular weight excluding hydrogens is 190 g/mol. The Kier molecular flexibility index (Phi) is 5.01. The molecule has 3 heteroatoms. The summed E-state index contributed by atoms with van der Waals surface area (Å²) in [6, 6.07) is 9.52. The number of benzene rings is 1. The maximum atomic E-state index is 11.4. The van der Waals surface area contributed by atoms with Gasteiger partial charge in [-0.05, 0) is 18.5 Å². The Morgan fingerprint density at radius 1 is 1.40 bits per heavy atom. The van der Waals surface area contributed by atoms with Crippen LogP contribution in [0.1, 0.15) is 12.5 Å². The fraction of sp³-hybridized carbons (Fsp3) is 0.417. The lowest BCUT2D eigenvalue weighted by Gasteiger charge is -2.15. The summed E-state index contributed by atoms with van der Waals surface area (Å²) in [5, 5.41) is 11.9. The van der Waals surface area contributed by atoms with E-state index in [0.717, 1.165) is 12.1 Å². The van der Waals surface area contributed by atoms with E-state index < -0.39 is 6.61 Å². The molecule has 0 aromatic heterocycles. The molecule has 0 bridgehead atoms. The number of carbonyl (C=O) groups excluding carboxylic acids is 1. The number of hydrogen-bond acceptors (Lipinski definition) is 3. The minimum Gasteiger partial charge on any atom is -0.389 e. The van der Waals surface area contributed by atoms with Crippen molar-refractivity contribution >= 4 is 5.78 Å². The Hall–Kier alpha value is -1.19. The van der Waals surface area contributed by atoms with Crippen molar-refractivity contribution in [1.82, 2.24) is 5.32 Å². The standard InChI is InChI=1S/C12H17NO2/c1-2-13-11(12(15)9-14)8-10-6-4-3-5-7-10/h3-7,11,13-14H,2,8-9H2,1H3. The van der Waals surface area contributed by atoms with Gasteiger partial charge >= 0.3 is 0 Å². The van der Waals surface area contributed by atoms with E-state index >= 15 is 0 Å². The molecule has 0 heterocycles. The molecule has 82 valence electrons. The van der Waals surface area contributed by atoms with Crippen molar-refractivity contribution < 1.29 is 9.90 Å². The third-order valence-electron chi connectivity index (χ3n) is 2.28. The summed E-state index contributed by atoms with van der Waals surface area (Å²) in [5.41, 5.74) is 1.10. The van der Waals surface area contributed by atoms with E-state index in [1.54, 1.807) is 0 Å². The van der Waals surface area contributed by atoms with Gasteiger partial charge in [-0.15, -0.1) is 0 Å².